The fourth-order valence-corrected chi connectivity index (χ4v) is 4.59. The lowest BCUT2D eigenvalue weighted by molar-refractivity contribution is 0.0562. The molecule has 2 saturated heterocycles. The van der Waals surface area contributed by atoms with Gasteiger partial charge >= 0.3 is 0 Å². The summed E-state index contributed by atoms with van der Waals surface area (Å²) in [5.41, 5.74) is 1.26. The van der Waals surface area contributed by atoms with Crippen molar-refractivity contribution < 1.29 is 18.7 Å². The summed E-state index contributed by atoms with van der Waals surface area (Å²) in [6, 6.07) is 12.6. The number of benzene rings is 2. The Morgan fingerprint density at radius 3 is 2.29 bits per heavy atom. The molecule has 2 fully saturated rings. The molecular weight excluding hydrogens is 397 g/mol. The van der Waals surface area contributed by atoms with Crippen LogP contribution in [-0.4, -0.2) is 75.2 Å². The van der Waals surface area contributed by atoms with Gasteiger partial charge in [-0.15, -0.1) is 0 Å². The van der Waals surface area contributed by atoms with Crippen LogP contribution in [0.25, 0.3) is 0 Å². The zero-order chi connectivity index (χ0) is 21.8. The number of piperidine rings is 1. The third-order valence-electron chi connectivity index (χ3n) is 6.31. The van der Waals surface area contributed by atoms with Crippen molar-refractivity contribution in [3.63, 3.8) is 0 Å². The molecule has 0 bridgehead atoms. The molecule has 166 valence electrons. The molecule has 6 nitrogen and oxygen atoms in total. The number of nitrogens with zero attached hydrogens (tertiary/aromatic N) is 3. The molecule has 2 aliphatic rings. The molecule has 2 aromatic rings. The van der Waals surface area contributed by atoms with Gasteiger partial charge < -0.3 is 19.3 Å². The second-order valence-electron chi connectivity index (χ2n) is 8.12. The molecule has 0 N–H and O–H groups in total. The number of carbonyl (C=O) groups is 1. The van der Waals surface area contributed by atoms with E-state index in [9.17, 15) is 9.18 Å². The second kappa shape index (κ2) is 9.56. The van der Waals surface area contributed by atoms with Gasteiger partial charge in [0.1, 0.15) is 17.3 Å². The average Bonchev–Trinajstić information content (AvgIpc) is 2.83. The Balaban J connectivity index is 1.39. The highest BCUT2D eigenvalue weighted by molar-refractivity contribution is 5.95. The van der Waals surface area contributed by atoms with Gasteiger partial charge in [0.2, 0.25) is 0 Å². The van der Waals surface area contributed by atoms with Crippen molar-refractivity contribution in [2.24, 2.45) is 0 Å². The molecule has 0 saturated carbocycles. The van der Waals surface area contributed by atoms with E-state index >= 15 is 0 Å². The van der Waals surface area contributed by atoms with Gasteiger partial charge in [-0.3, -0.25) is 9.69 Å². The van der Waals surface area contributed by atoms with E-state index in [2.05, 4.69) is 9.80 Å². The standard InChI is InChI=1S/C24H30FN3O3/c1-30-20-14-18(15-21(16-20)31-2)24(29)28-9-5-6-19(17-28)26-10-12-27(13-11-26)23-8-4-3-7-22(23)25/h3-4,7-8,14-16,19H,5-6,9-13,17H2,1-2H3. The number of carbonyl (C=O) groups excluding carboxylic acids is 1. The van der Waals surface area contributed by atoms with E-state index in [1.165, 1.54) is 6.07 Å². The maximum absolute atomic E-state index is 14.1. The van der Waals surface area contributed by atoms with Crippen molar-refractivity contribution in [1.29, 1.82) is 0 Å². The first-order chi connectivity index (χ1) is 15.1. The highest BCUT2D eigenvalue weighted by atomic mass is 19.1. The fourth-order valence-electron chi connectivity index (χ4n) is 4.59. The third-order valence-corrected chi connectivity index (χ3v) is 6.31. The van der Waals surface area contributed by atoms with Gasteiger partial charge in [-0.25, -0.2) is 4.39 Å². The molecule has 0 aliphatic carbocycles. The zero-order valence-electron chi connectivity index (χ0n) is 18.2. The minimum Gasteiger partial charge on any atom is -0.497 e. The summed E-state index contributed by atoms with van der Waals surface area (Å²) in [6.45, 7) is 4.78. The van der Waals surface area contributed by atoms with Crippen LogP contribution in [0.5, 0.6) is 11.5 Å². The van der Waals surface area contributed by atoms with Crippen LogP contribution in [0.4, 0.5) is 10.1 Å². The Kier molecular flexibility index (Phi) is 6.61. The van der Waals surface area contributed by atoms with E-state index in [4.69, 9.17) is 9.47 Å². The van der Waals surface area contributed by atoms with Crippen LogP contribution in [0.3, 0.4) is 0 Å². The number of methoxy groups -OCH3 is 2. The van der Waals surface area contributed by atoms with Crippen LogP contribution < -0.4 is 14.4 Å². The maximum Gasteiger partial charge on any atom is 0.254 e. The molecule has 0 aromatic heterocycles. The predicted octanol–water partition coefficient (Wildman–Crippen LogP) is 3.27. The Labute approximate surface area is 183 Å². The van der Waals surface area contributed by atoms with E-state index in [0.717, 1.165) is 45.6 Å². The largest absolute Gasteiger partial charge is 0.497 e. The van der Waals surface area contributed by atoms with Crippen LogP contribution in [0.15, 0.2) is 42.5 Å². The Morgan fingerprint density at radius 2 is 1.65 bits per heavy atom. The van der Waals surface area contributed by atoms with Gasteiger partial charge in [0.05, 0.1) is 19.9 Å². The van der Waals surface area contributed by atoms with E-state index in [1.807, 2.05) is 17.0 Å². The molecule has 1 atom stereocenters. The molecule has 7 heteroatoms. The highest BCUT2D eigenvalue weighted by Crippen LogP contribution is 2.26. The number of para-hydroxylation sites is 1. The van der Waals surface area contributed by atoms with Crippen LogP contribution in [0.2, 0.25) is 0 Å². The molecule has 2 aromatic carbocycles. The smallest absolute Gasteiger partial charge is 0.254 e. The summed E-state index contributed by atoms with van der Waals surface area (Å²) in [5, 5.41) is 0. The number of halogens is 1. The SMILES string of the molecule is COc1cc(OC)cc(C(=O)N2CCCC(N3CCN(c4ccccc4F)CC3)C2)c1. The topological polar surface area (TPSA) is 45.3 Å². The number of ether oxygens (including phenoxy) is 2. The summed E-state index contributed by atoms with van der Waals surface area (Å²) < 4.78 is 24.7. The summed E-state index contributed by atoms with van der Waals surface area (Å²) in [5.74, 6) is 1.06. The average molecular weight is 428 g/mol. The van der Waals surface area contributed by atoms with E-state index < -0.39 is 0 Å². The number of piperazine rings is 1. The van der Waals surface area contributed by atoms with Crippen molar-refractivity contribution >= 4 is 11.6 Å². The zero-order valence-corrected chi connectivity index (χ0v) is 18.2. The lowest BCUT2D eigenvalue weighted by Crippen LogP contribution is -2.56. The second-order valence-corrected chi connectivity index (χ2v) is 8.12. The molecule has 2 aliphatic heterocycles. The summed E-state index contributed by atoms with van der Waals surface area (Å²) in [6.07, 6.45) is 2.05. The lowest BCUT2D eigenvalue weighted by atomic mass is 10.0. The lowest BCUT2D eigenvalue weighted by Gasteiger charge is -2.44. The molecule has 4 rings (SSSR count). The summed E-state index contributed by atoms with van der Waals surface area (Å²) in [4.78, 5) is 19.7. The minimum atomic E-state index is -0.167. The third kappa shape index (κ3) is 4.77. The van der Waals surface area contributed by atoms with Gasteiger partial charge in [0.25, 0.3) is 5.91 Å². The van der Waals surface area contributed by atoms with Gasteiger partial charge in [0.15, 0.2) is 0 Å². The quantitative estimate of drug-likeness (QED) is 0.733. The monoisotopic (exact) mass is 427 g/mol. The number of hydrogen-bond donors (Lipinski definition) is 0. The van der Waals surface area contributed by atoms with E-state index in [0.29, 0.717) is 35.3 Å². The van der Waals surface area contributed by atoms with Gasteiger partial charge in [0, 0.05) is 56.9 Å². The normalized spacial score (nSPS) is 19.9. The fraction of sp³-hybridized carbons (Fsp3) is 0.458. The first-order valence-electron chi connectivity index (χ1n) is 10.8. The van der Waals surface area contributed by atoms with Crippen molar-refractivity contribution in [3.8, 4) is 11.5 Å². The van der Waals surface area contributed by atoms with Crippen molar-refractivity contribution in [3.05, 3.63) is 53.8 Å². The summed E-state index contributed by atoms with van der Waals surface area (Å²) >= 11 is 0. The predicted molar refractivity (Wildman–Crippen MR) is 119 cm³/mol. The van der Waals surface area contributed by atoms with Crippen LogP contribution in [0, 0.1) is 5.82 Å². The van der Waals surface area contributed by atoms with E-state index in [1.54, 1.807) is 38.5 Å². The highest BCUT2D eigenvalue weighted by Gasteiger charge is 2.31. The van der Waals surface area contributed by atoms with Gasteiger partial charge in [-0.2, -0.15) is 0 Å². The van der Waals surface area contributed by atoms with Crippen LogP contribution >= 0.6 is 0 Å². The number of anilines is 1. The molecule has 31 heavy (non-hydrogen) atoms. The van der Waals surface area contributed by atoms with Crippen LogP contribution in [0.1, 0.15) is 23.2 Å². The van der Waals surface area contributed by atoms with Crippen molar-refractivity contribution in [2.45, 2.75) is 18.9 Å². The number of likely N-dealkylation sites (tertiary alicyclic amines) is 1. The Hall–Kier alpha value is -2.80. The molecule has 1 amide bonds. The Morgan fingerprint density at radius 1 is 0.968 bits per heavy atom. The molecule has 0 radical (unpaired) electrons. The number of amides is 1. The van der Waals surface area contributed by atoms with Crippen LogP contribution in [-0.2, 0) is 0 Å². The minimum absolute atomic E-state index is 0.00638. The van der Waals surface area contributed by atoms with Gasteiger partial charge in [-0.05, 0) is 37.1 Å². The molecule has 1 unspecified atom stereocenters. The maximum atomic E-state index is 14.1. The van der Waals surface area contributed by atoms with Crippen molar-refractivity contribution in [2.75, 3.05) is 58.4 Å². The molecule has 0 spiro atoms. The van der Waals surface area contributed by atoms with E-state index in [-0.39, 0.29) is 11.7 Å². The van der Waals surface area contributed by atoms with Crippen molar-refractivity contribution in [1.82, 2.24) is 9.80 Å². The summed E-state index contributed by atoms with van der Waals surface area (Å²) in [7, 11) is 3.17. The molecule has 2 heterocycles. The first-order valence-corrected chi connectivity index (χ1v) is 10.8. The van der Waals surface area contributed by atoms with Gasteiger partial charge in [-0.1, -0.05) is 12.1 Å². The number of hydrogen-bond acceptors (Lipinski definition) is 5. The number of rotatable bonds is 5. The Bertz CT molecular complexity index is 892. The molecular formula is C24H30FN3O3. The first kappa shape index (κ1) is 21.4.